The number of benzene rings is 3. The summed E-state index contributed by atoms with van der Waals surface area (Å²) >= 11 is 6.28. The van der Waals surface area contributed by atoms with Crippen LogP contribution in [0, 0.1) is 12.7 Å². The highest BCUT2D eigenvalue weighted by atomic mass is 35.5. The number of aromatic nitrogens is 2. The number of hydrogen-bond acceptors (Lipinski definition) is 2. The Labute approximate surface area is 185 Å². The molecule has 158 valence electrons. The summed E-state index contributed by atoms with van der Waals surface area (Å²) in [5.41, 5.74) is 4.10. The van der Waals surface area contributed by atoms with Crippen molar-refractivity contribution in [1.82, 2.24) is 14.9 Å². The third-order valence-corrected chi connectivity index (χ3v) is 5.79. The van der Waals surface area contributed by atoms with E-state index in [4.69, 9.17) is 16.6 Å². The Kier molecular flexibility index (Phi) is 6.05. The molecule has 1 aromatic heterocycles. The van der Waals surface area contributed by atoms with Crippen LogP contribution in [-0.2, 0) is 17.8 Å². The number of nitrogens with zero attached hydrogens (tertiary/aromatic N) is 2. The number of aryl methyl sites for hydroxylation is 1. The van der Waals surface area contributed by atoms with Crippen LogP contribution < -0.4 is 5.32 Å². The lowest BCUT2D eigenvalue weighted by molar-refractivity contribution is -0.121. The molecule has 0 bridgehead atoms. The quantitative estimate of drug-likeness (QED) is 0.428. The van der Waals surface area contributed by atoms with Gasteiger partial charge in [-0.05, 0) is 49.2 Å². The standard InChI is InChI=1S/C25H23ClFN3O/c1-16-8-3-4-9-18(16)14-24(31)28-17(2)25-29-22-12-5-6-13-23(22)30(25)15-19-20(26)10-7-11-21(19)27/h3-13,17H,14-15H2,1-2H3,(H,28,31). The zero-order chi connectivity index (χ0) is 22.0. The molecular weight excluding hydrogens is 413 g/mol. The van der Waals surface area contributed by atoms with Gasteiger partial charge < -0.3 is 9.88 Å². The highest BCUT2D eigenvalue weighted by Crippen LogP contribution is 2.26. The number of fused-ring (bicyclic) bond motifs is 1. The van der Waals surface area contributed by atoms with E-state index in [-0.39, 0.29) is 30.7 Å². The van der Waals surface area contributed by atoms with Gasteiger partial charge in [-0.3, -0.25) is 4.79 Å². The number of amides is 1. The molecule has 1 atom stereocenters. The molecule has 0 saturated heterocycles. The predicted octanol–water partition coefficient (Wildman–Crippen LogP) is 5.61. The van der Waals surface area contributed by atoms with Crippen molar-refractivity contribution in [2.45, 2.75) is 32.9 Å². The maximum Gasteiger partial charge on any atom is 0.225 e. The highest BCUT2D eigenvalue weighted by Gasteiger charge is 2.20. The molecule has 0 aliphatic rings. The van der Waals surface area contributed by atoms with Crippen molar-refractivity contribution in [3.8, 4) is 0 Å². The van der Waals surface area contributed by atoms with Gasteiger partial charge in [-0.1, -0.05) is 54.1 Å². The molecular formula is C25H23ClFN3O. The van der Waals surface area contributed by atoms with E-state index in [0.717, 1.165) is 22.2 Å². The van der Waals surface area contributed by atoms with Crippen LogP contribution in [-0.4, -0.2) is 15.5 Å². The summed E-state index contributed by atoms with van der Waals surface area (Å²) in [6.07, 6.45) is 0.288. The molecule has 1 amide bonds. The van der Waals surface area contributed by atoms with E-state index in [1.807, 2.05) is 66.9 Å². The minimum atomic E-state index is -0.368. The van der Waals surface area contributed by atoms with Crippen LogP contribution in [0.4, 0.5) is 4.39 Å². The van der Waals surface area contributed by atoms with Crippen molar-refractivity contribution in [1.29, 1.82) is 0 Å². The van der Waals surface area contributed by atoms with E-state index >= 15 is 0 Å². The lowest BCUT2D eigenvalue weighted by atomic mass is 10.1. The van der Waals surface area contributed by atoms with Gasteiger partial charge in [0.1, 0.15) is 11.6 Å². The average Bonchev–Trinajstić information content (AvgIpc) is 3.11. The minimum Gasteiger partial charge on any atom is -0.346 e. The summed E-state index contributed by atoms with van der Waals surface area (Å²) in [6, 6.07) is 19.8. The third kappa shape index (κ3) is 4.47. The number of nitrogens with one attached hydrogen (secondary N) is 1. The van der Waals surface area contributed by atoms with Gasteiger partial charge in [0, 0.05) is 10.6 Å². The number of rotatable bonds is 6. The van der Waals surface area contributed by atoms with Crippen LogP contribution in [0.3, 0.4) is 0 Å². The molecule has 1 unspecified atom stereocenters. The maximum atomic E-state index is 14.5. The number of halogens is 2. The maximum absolute atomic E-state index is 14.5. The smallest absolute Gasteiger partial charge is 0.225 e. The Balaban J connectivity index is 1.64. The number of para-hydroxylation sites is 2. The Bertz CT molecular complexity index is 1230. The summed E-state index contributed by atoms with van der Waals surface area (Å²) in [6.45, 7) is 4.10. The normalized spacial score (nSPS) is 12.1. The topological polar surface area (TPSA) is 46.9 Å². The Morgan fingerprint density at radius 3 is 2.61 bits per heavy atom. The molecule has 0 radical (unpaired) electrons. The van der Waals surface area contributed by atoms with Gasteiger partial charge in [0.15, 0.2) is 0 Å². The Morgan fingerprint density at radius 2 is 1.84 bits per heavy atom. The van der Waals surface area contributed by atoms with Gasteiger partial charge in [-0.15, -0.1) is 0 Å². The molecule has 1 N–H and O–H groups in total. The number of hydrogen-bond donors (Lipinski definition) is 1. The number of carbonyl (C=O) groups excluding carboxylic acids is 1. The fraction of sp³-hybridized carbons (Fsp3) is 0.200. The van der Waals surface area contributed by atoms with E-state index in [0.29, 0.717) is 16.4 Å². The molecule has 4 aromatic rings. The first-order valence-electron chi connectivity index (χ1n) is 10.2. The summed E-state index contributed by atoms with van der Waals surface area (Å²) < 4.78 is 16.4. The molecule has 1 heterocycles. The predicted molar refractivity (Wildman–Crippen MR) is 122 cm³/mol. The van der Waals surface area contributed by atoms with Crippen LogP contribution in [0.2, 0.25) is 5.02 Å². The van der Waals surface area contributed by atoms with Crippen molar-refractivity contribution >= 4 is 28.5 Å². The molecule has 31 heavy (non-hydrogen) atoms. The van der Waals surface area contributed by atoms with E-state index in [2.05, 4.69) is 5.32 Å². The molecule has 0 fully saturated rings. The largest absolute Gasteiger partial charge is 0.346 e. The molecule has 0 aliphatic carbocycles. The van der Waals surface area contributed by atoms with Crippen molar-refractivity contribution in [2.75, 3.05) is 0 Å². The van der Waals surface area contributed by atoms with Gasteiger partial charge in [0.2, 0.25) is 5.91 Å². The molecule has 0 saturated carbocycles. The molecule has 0 aliphatic heterocycles. The van der Waals surface area contributed by atoms with Crippen molar-refractivity contribution < 1.29 is 9.18 Å². The number of carbonyl (C=O) groups is 1. The van der Waals surface area contributed by atoms with Gasteiger partial charge in [0.05, 0.1) is 30.0 Å². The van der Waals surface area contributed by atoms with Gasteiger partial charge in [-0.25, -0.2) is 9.37 Å². The fourth-order valence-electron chi connectivity index (χ4n) is 3.77. The average molecular weight is 436 g/mol. The fourth-order valence-corrected chi connectivity index (χ4v) is 3.99. The second-order valence-electron chi connectivity index (χ2n) is 7.64. The third-order valence-electron chi connectivity index (χ3n) is 5.44. The summed E-state index contributed by atoms with van der Waals surface area (Å²) in [5.74, 6) is 0.190. The molecule has 0 spiro atoms. The SMILES string of the molecule is Cc1ccccc1CC(=O)NC(C)c1nc2ccccc2n1Cc1c(F)cccc1Cl. The van der Waals surface area contributed by atoms with Crippen LogP contribution in [0.25, 0.3) is 11.0 Å². The highest BCUT2D eigenvalue weighted by molar-refractivity contribution is 6.31. The van der Waals surface area contributed by atoms with E-state index < -0.39 is 0 Å². The van der Waals surface area contributed by atoms with E-state index in [1.165, 1.54) is 6.07 Å². The zero-order valence-electron chi connectivity index (χ0n) is 17.4. The second-order valence-corrected chi connectivity index (χ2v) is 8.04. The lowest BCUT2D eigenvalue weighted by Crippen LogP contribution is -2.30. The zero-order valence-corrected chi connectivity index (χ0v) is 18.2. The molecule has 4 nitrogen and oxygen atoms in total. The molecule has 6 heteroatoms. The second kappa shape index (κ2) is 8.90. The van der Waals surface area contributed by atoms with Crippen molar-refractivity contribution in [3.05, 3.63) is 100 Å². The Morgan fingerprint density at radius 1 is 1.10 bits per heavy atom. The van der Waals surface area contributed by atoms with E-state index in [9.17, 15) is 9.18 Å². The van der Waals surface area contributed by atoms with Crippen molar-refractivity contribution in [3.63, 3.8) is 0 Å². The minimum absolute atomic E-state index is 0.0932. The van der Waals surface area contributed by atoms with E-state index in [1.54, 1.807) is 12.1 Å². The van der Waals surface area contributed by atoms with Crippen LogP contribution >= 0.6 is 11.6 Å². The summed E-state index contributed by atoms with van der Waals surface area (Å²) in [4.78, 5) is 17.4. The van der Waals surface area contributed by atoms with Crippen LogP contribution in [0.1, 0.15) is 35.5 Å². The molecule has 4 rings (SSSR count). The first-order chi connectivity index (χ1) is 14.9. The first-order valence-corrected chi connectivity index (χ1v) is 10.5. The number of imidazole rings is 1. The monoisotopic (exact) mass is 435 g/mol. The van der Waals surface area contributed by atoms with Crippen LogP contribution in [0.15, 0.2) is 66.7 Å². The van der Waals surface area contributed by atoms with Crippen LogP contribution in [0.5, 0.6) is 0 Å². The van der Waals surface area contributed by atoms with Gasteiger partial charge >= 0.3 is 0 Å². The lowest BCUT2D eigenvalue weighted by Gasteiger charge is -2.17. The summed E-state index contributed by atoms with van der Waals surface area (Å²) in [5, 5.41) is 3.40. The van der Waals surface area contributed by atoms with Crippen molar-refractivity contribution in [2.24, 2.45) is 0 Å². The van der Waals surface area contributed by atoms with Gasteiger partial charge in [-0.2, -0.15) is 0 Å². The summed E-state index contributed by atoms with van der Waals surface area (Å²) in [7, 11) is 0. The first kappa shape index (κ1) is 21.1. The Hall–Kier alpha value is -3.18. The van der Waals surface area contributed by atoms with Gasteiger partial charge in [0.25, 0.3) is 0 Å². The molecule has 3 aromatic carbocycles.